The van der Waals surface area contributed by atoms with Gasteiger partial charge >= 0.3 is 5.97 Å². The van der Waals surface area contributed by atoms with Gasteiger partial charge in [-0.2, -0.15) is 11.8 Å². The molecular weight excluding hydrogens is 162 g/mol. The summed E-state index contributed by atoms with van der Waals surface area (Å²) in [6.45, 7) is 4.00. The molecule has 3 N–H and O–H groups in total. The number of thioether (sulfide) groups is 1. The molecule has 0 rings (SSSR count). The van der Waals surface area contributed by atoms with E-state index in [-0.39, 0.29) is 17.7 Å². The summed E-state index contributed by atoms with van der Waals surface area (Å²) in [5, 5.41) is 8.64. The Labute approximate surface area is 71.3 Å². The summed E-state index contributed by atoms with van der Waals surface area (Å²) in [6.07, 6.45) is 0.0637. The number of hydrogen-bond donors (Lipinski definition) is 2. The van der Waals surface area contributed by atoms with Gasteiger partial charge in [0.2, 0.25) is 0 Å². The highest BCUT2D eigenvalue weighted by molar-refractivity contribution is 7.99. The Kier molecular flexibility index (Phi) is 5.32. The Balaban J connectivity index is 3.63. The zero-order valence-corrected chi connectivity index (χ0v) is 7.73. The van der Waals surface area contributed by atoms with Crippen molar-refractivity contribution in [3.8, 4) is 0 Å². The van der Waals surface area contributed by atoms with E-state index in [4.69, 9.17) is 10.8 Å². The third kappa shape index (κ3) is 5.09. The molecule has 0 saturated carbocycles. The summed E-state index contributed by atoms with van der Waals surface area (Å²) in [7, 11) is 0. The lowest BCUT2D eigenvalue weighted by Crippen LogP contribution is -2.32. The van der Waals surface area contributed by atoms with Gasteiger partial charge in [-0.25, -0.2) is 0 Å². The zero-order valence-electron chi connectivity index (χ0n) is 6.91. The SMILES string of the molecule is CCS[C@@H](C)[C@H](N)CC(=O)O. The first kappa shape index (κ1) is 10.8. The van der Waals surface area contributed by atoms with Crippen LogP contribution in [0.3, 0.4) is 0 Å². The molecule has 2 atom stereocenters. The maximum Gasteiger partial charge on any atom is 0.304 e. The van der Waals surface area contributed by atoms with Crippen molar-refractivity contribution in [2.24, 2.45) is 5.73 Å². The van der Waals surface area contributed by atoms with E-state index in [1.165, 1.54) is 0 Å². The topological polar surface area (TPSA) is 63.3 Å². The molecule has 0 aliphatic carbocycles. The summed E-state index contributed by atoms with van der Waals surface area (Å²) in [5.74, 6) is 0.162. The molecule has 0 amide bonds. The van der Waals surface area contributed by atoms with Crippen molar-refractivity contribution >= 4 is 17.7 Å². The van der Waals surface area contributed by atoms with Gasteiger partial charge in [0.1, 0.15) is 0 Å². The lowest BCUT2D eigenvalue weighted by molar-refractivity contribution is -0.137. The van der Waals surface area contributed by atoms with Crippen molar-refractivity contribution in [3.63, 3.8) is 0 Å². The van der Waals surface area contributed by atoms with Gasteiger partial charge in [0, 0.05) is 11.3 Å². The molecule has 3 nitrogen and oxygen atoms in total. The second-order valence-electron chi connectivity index (χ2n) is 2.42. The molecule has 0 aliphatic rings. The van der Waals surface area contributed by atoms with Crippen molar-refractivity contribution in [2.75, 3.05) is 5.75 Å². The van der Waals surface area contributed by atoms with Crippen LogP contribution in [-0.4, -0.2) is 28.1 Å². The lowest BCUT2D eigenvalue weighted by atomic mass is 10.2. The van der Waals surface area contributed by atoms with Gasteiger partial charge in [-0.15, -0.1) is 0 Å². The smallest absolute Gasteiger partial charge is 0.304 e. The van der Waals surface area contributed by atoms with Crippen molar-refractivity contribution in [3.05, 3.63) is 0 Å². The predicted molar refractivity (Wildman–Crippen MR) is 47.8 cm³/mol. The maximum atomic E-state index is 10.2. The molecule has 0 spiro atoms. The van der Waals surface area contributed by atoms with Gasteiger partial charge in [-0.05, 0) is 5.75 Å². The van der Waals surface area contributed by atoms with Crippen molar-refractivity contribution < 1.29 is 9.90 Å². The van der Waals surface area contributed by atoms with Gasteiger partial charge in [0.25, 0.3) is 0 Å². The monoisotopic (exact) mass is 177 g/mol. The van der Waals surface area contributed by atoms with E-state index in [2.05, 4.69) is 0 Å². The maximum absolute atomic E-state index is 10.2. The highest BCUT2D eigenvalue weighted by Gasteiger charge is 2.15. The molecule has 0 fully saturated rings. The number of carbonyl (C=O) groups is 1. The van der Waals surface area contributed by atoms with E-state index in [0.717, 1.165) is 5.75 Å². The second kappa shape index (κ2) is 5.43. The minimum absolute atomic E-state index is 0.0637. The Morgan fingerprint density at radius 1 is 1.73 bits per heavy atom. The van der Waals surface area contributed by atoms with Crippen LogP contribution in [-0.2, 0) is 4.79 Å². The summed E-state index contributed by atoms with van der Waals surface area (Å²) in [5.41, 5.74) is 5.60. The highest BCUT2D eigenvalue weighted by Crippen LogP contribution is 2.13. The largest absolute Gasteiger partial charge is 0.481 e. The fraction of sp³-hybridized carbons (Fsp3) is 0.857. The molecule has 0 heterocycles. The first-order chi connectivity index (χ1) is 5.07. The van der Waals surface area contributed by atoms with E-state index in [0.29, 0.717) is 0 Å². The van der Waals surface area contributed by atoms with Gasteiger partial charge in [-0.3, -0.25) is 4.79 Å². The van der Waals surface area contributed by atoms with Crippen LogP contribution in [0, 0.1) is 0 Å². The molecule has 0 saturated heterocycles. The van der Waals surface area contributed by atoms with Crippen LogP contribution >= 0.6 is 11.8 Å². The second-order valence-corrected chi connectivity index (χ2v) is 4.08. The Morgan fingerprint density at radius 3 is 2.64 bits per heavy atom. The molecule has 0 bridgehead atoms. The first-order valence-corrected chi connectivity index (χ1v) is 4.71. The van der Waals surface area contributed by atoms with Crippen LogP contribution in [0.25, 0.3) is 0 Å². The minimum Gasteiger partial charge on any atom is -0.481 e. The van der Waals surface area contributed by atoms with E-state index < -0.39 is 5.97 Å². The van der Waals surface area contributed by atoms with E-state index in [9.17, 15) is 4.79 Å². The normalized spacial score (nSPS) is 15.9. The summed E-state index contributed by atoms with van der Waals surface area (Å²) in [6, 6.07) is -0.225. The number of nitrogens with two attached hydrogens (primary N) is 1. The third-order valence-electron chi connectivity index (χ3n) is 1.44. The molecule has 0 unspecified atom stereocenters. The Bertz CT molecular complexity index is 130. The van der Waals surface area contributed by atoms with Gasteiger partial charge in [0.05, 0.1) is 6.42 Å². The van der Waals surface area contributed by atoms with Crippen LogP contribution in [0.1, 0.15) is 20.3 Å². The van der Waals surface area contributed by atoms with Crippen LogP contribution in [0.4, 0.5) is 0 Å². The molecule has 4 heteroatoms. The van der Waals surface area contributed by atoms with E-state index >= 15 is 0 Å². The number of rotatable bonds is 5. The van der Waals surface area contributed by atoms with Crippen LogP contribution in [0.15, 0.2) is 0 Å². The molecular formula is C7H15NO2S. The molecule has 66 valence electrons. The van der Waals surface area contributed by atoms with E-state index in [1.54, 1.807) is 11.8 Å². The molecule has 0 aromatic heterocycles. The average molecular weight is 177 g/mol. The van der Waals surface area contributed by atoms with Crippen molar-refractivity contribution in [2.45, 2.75) is 31.6 Å². The van der Waals surface area contributed by atoms with Crippen LogP contribution < -0.4 is 5.73 Å². The van der Waals surface area contributed by atoms with Crippen LogP contribution in [0.5, 0.6) is 0 Å². The average Bonchev–Trinajstić information content (AvgIpc) is 1.86. The van der Waals surface area contributed by atoms with Gasteiger partial charge in [0.15, 0.2) is 0 Å². The minimum atomic E-state index is -0.818. The number of carboxylic acid groups (broad SMARTS) is 1. The Hall–Kier alpha value is -0.220. The fourth-order valence-electron chi connectivity index (χ4n) is 0.754. The quantitative estimate of drug-likeness (QED) is 0.655. The number of carboxylic acids is 1. The highest BCUT2D eigenvalue weighted by atomic mass is 32.2. The number of hydrogen-bond acceptors (Lipinski definition) is 3. The molecule has 0 aromatic rings. The zero-order chi connectivity index (χ0) is 8.85. The van der Waals surface area contributed by atoms with Crippen molar-refractivity contribution in [1.82, 2.24) is 0 Å². The van der Waals surface area contributed by atoms with Crippen molar-refractivity contribution in [1.29, 1.82) is 0 Å². The summed E-state index contributed by atoms with van der Waals surface area (Å²) in [4.78, 5) is 10.2. The van der Waals surface area contributed by atoms with Crippen LogP contribution in [0.2, 0.25) is 0 Å². The fourth-order valence-corrected chi connectivity index (χ4v) is 1.62. The van der Waals surface area contributed by atoms with E-state index in [1.807, 2.05) is 13.8 Å². The summed E-state index contributed by atoms with van der Waals surface area (Å²) >= 11 is 1.69. The molecule has 0 aliphatic heterocycles. The first-order valence-electron chi connectivity index (χ1n) is 3.67. The predicted octanol–water partition coefficient (Wildman–Crippen LogP) is 0.930. The number of aliphatic carboxylic acids is 1. The third-order valence-corrected chi connectivity index (χ3v) is 2.65. The standard InChI is InChI=1S/C7H15NO2S/c1-3-11-5(2)6(8)4-7(9)10/h5-6H,3-4,8H2,1-2H3,(H,9,10)/t5-,6+/m0/s1. The summed E-state index contributed by atoms with van der Waals surface area (Å²) < 4.78 is 0. The lowest BCUT2D eigenvalue weighted by Gasteiger charge is -2.16. The molecule has 11 heavy (non-hydrogen) atoms. The van der Waals surface area contributed by atoms with Gasteiger partial charge < -0.3 is 10.8 Å². The Morgan fingerprint density at radius 2 is 2.27 bits per heavy atom. The van der Waals surface area contributed by atoms with Gasteiger partial charge in [-0.1, -0.05) is 13.8 Å². The molecule has 0 radical (unpaired) electrons. The molecule has 0 aromatic carbocycles.